The van der Waals surface area contributed by atoms with E-state index >= 15 is 0 Å². The van der Waals surface area contributed by atoms with Crippen molar-refractivity contribution in [3.63, 3.8) is 0 Å². The smallest absolute Gasteiger partial charge is 0.188 e. The molecule has 0 aromatic heterocycles. The lowest BCUT2D eigenvalue weighted by Gasteiger charge is -1.90. The Hall–Kier alpha value is -0.480. The van der Waals surface area contributed by atoms with Crippen LogP contribution in [0.25, 0.3) is 0 Å². The Labute approximate surface area is 79.4 Å². The standard InChI is InChI=1S/C8H10.H2O2S2/c1-7-3-5-8(2)6-4-7;1-4(2)3/h3-6H,1-2H3;4H,(H,1,2,3). The van der Waals surface area contributed by atoms with Crippen LogP contribution in [0.3, 0.4) is 0 Å². The van der Waals surface area contributed by atoms with Crippen molar-refractivity contribution in [2.75, 3.05) is 0 Å². The molecule has 0 aliphatic heterocycles. The molecular weight excluding hydrogens is 192 g/mol. The largest absolute Gasteiger partial charge is 0.221 e. The van der Waals surface area contributed by atoms with E-state index in [4.69, 9.17) is 8.42 Å². The Balaban J connectivity index is 0.000000261. The zero-order valence-corrected chi connectivity index (χ0v) is 8.81. The molecule has 0 amide bonds. The summed E-state index contributed by atoms with van der Waals surface area (Å²) < 4.78 is 17.8. The van der Waals surface area contributed by atoms with Crippen LogP contribution in [0.2, 0.25) is 0 Å². The van der Waals surface area contributed by atoms with Crippen molar-refractivity contribution < 1.29 is 8.42 Å². The highest BCUT2D eigenvalue weighted by Crippen LogP contribution is 1.99. The molecule has 0 unspecified atom stereocenters. The lowest BCUT2D eigenvalue weighted by Crippen LogP contribution is -1.70. The summed E-state index contributed by atoms with van der Waals surface area (Å²) in [6, 6.07) is 8.48. The van der Waals surface area contributed by atoms with Crippen molar-refractivity contribution in [1.82, 2.24) is 0 Å². The molecule has 0 atom stereocenters. The van der Waals surface area contributed by atoms with Gasteiger partial charge in [-0.2, -0.15) is 0 Å². The van der Waals surface area contributed by atoms with Crippen LogP contribution in [0.4, 0.5) is 0 Å². The van der Waals surface area contributed by atoms with Crippen molar-refractivity contribution in [3.8, 4) is 0 Å². The zero-order valence-electron chi connectivity index (χ0n) is 7.02. The van der Waals surface area contributed by atoms with Gasteiger partial charge >= 0.3 is 0 Å². The second-order valence-corrected chi connectivity index (χ2v) is 3.85. The van der Waals surface area contributed by atoms with E-state index in [-0.39, 0.29) is 0 Å². The molecule has 0 spiro atoms. The highest BCUT2D eigenvalue weighted by Gasteiger charge is 1.79. The third kappa shape index (κ3) is 7.63. The van der Waals surface area contributed by atoms with Crippen LogP contribution in [0, 0.1) is 13.8 Å². The van der Waals surface area contributed by atoms with Crippen LogP contribution in [-0.2, 0) is 9.74 Å². The van der Waals surface area contributed by atoms with Crippen LogP contribution in [0.1, 0.15) is 11.1 Å². The molecule has 68 valence electrons. The first-order valence-electron chi connectivity index (χ1n) is 3.39. The highest BCUT2D eigenvalue weighted by molar-refractivity contribution is 8.54. The fraction of sp³-hybridized carbons (Fsp3) is 0.250. The molecule has 4 heteroatoms. The van der Waals surface area contributed by atoms with Crippen molar-refractivity contribution in [2.45, 2.75) is 13.8 Å². The van der Waals surface area contributed by atoms with Gasteiger partial charge in [-0.1, -0.05) is 47.1 Å². The first-order valence-corrected chi connectivity index (χ1v) is 5.72. The zero-order chi connectivity index (χ0) is 9.56. The molecule has 1 aromatic rings. The summed E-state index contributed by atoms with van der Waals surface area (Å²) in [4.78, 5) is 0. The predicted octanol–water partition coefficient (Wildman–Crippen LogP) is 1.75. The fourth-order valence-corrected chi connectivity index (χ4v) is 0.637. The summed E-state index contributed by atoms with van der Waals surface area (Å²) in [5.74, 6) is 0. The number of hydrogen-bond donors (Lipinski definition) is 2. The summed E-state index contributed by atoms with van der Waals surface area (Å²) in [5.41, 5.74) is 2.66. The van der Waals surface area contributed by atoms with E-state index < -0.39 is 9.74 Å². The highest BCUT2D eigenvalue weighted by atomic mass is 33.1. The monoisotopic (exact) mass is 204 g/mol. The van der Waals surface area contributed by atoms with E-state index in [0.717, 1.165) is 0 Å². The van der Waals surface area contributed by atoms with Gasteiger partial charge in [0.1, 0.15) is 0 Å². The minimum Gasteiger partial charge on any atom is -0.221 e. The number of rotatable bonds is 0. The Morgan fingerprint density at radius 3 is 1.33 bits per heavy atom. The molecule has 0 aliphatic rings. The van der Waals surface area contributed by atoms with Crippen LogP contribution in [-0.4, -0.2) is 8.42 Å². The summed E-state index contributed by atoms with van der Waals surface area (Å²) in [6.45, 7) is 4.19. The number of aryl methyl sites for hydroxylation is 2. The van der Waals surface area contributed by atoms with Gasteiger partial charge in [0.2, 0.25) is 0 Å². The molecule has 1 aromatic carbocycles. The predicted molar refractivity (Wildman–Crippen MR) is 55.2 cm³/mol. The van der Waals surface area contributed by atoms with E-state index in [9.17, 15) is 0 Å². The average Bonchev–Trinajstić information content (AvgIpc) is 1.94. The van der Waals surface area contributed by atoms with Crippen LogP contribution < -0.4 is 0 Å². The SMILES string of the molecule is Cc1ccc(C)cc1.O=[SH](=O)S. The molecule has 0 saturated carbocycles. The molecule has 0 bridgehead atoms. The van der Waals surface area contributed by atoms with Gasteiger partial charge < -0.3 is 0 Å². The van der Waals surface area contributed by atoms with Crippen molar-refractivity contribution in [1.29, 1.82) is 0 Å². The summed E-state index contributed by atoms with van der Waals surface area (Å²) in [5, 5.41) is 0. The number of thiol groups is 2. The molecule has 1 rings (SSSR count). The first kappa shape index (κ1) is 11.5. The van der Waals surface area contributed by atoms with Crippen molar-refractivity contribution in [2.24, 2.45) is 0 Å². The van der Waals surface area contributed by atoms with Crippen molar-refractivity contribution in [3.05, 3.63) is 35.4 Å². The Morgan fingerprint density at radius 1 is 1.00 bits per heavy atom. The molecule has 12 heavy (non-hydrogen) atoms. The number of benzene rings is 1. The molecular formula is C8H12O2S2. The van der Waals surface area contributed by atoms with Gasteiger partial charge in [-0.05, 0) is 13.8 Å². The molecule has 0 fully saturated rings. The van der Waals surface area contributed by atoms with Gasteiger partial charge in [-0.15, -0.1) is 0 Å². The Morgan fingerprint density at radius 2 is 1.17 bits per heavy atom. The molecule has 0 radical (unpaired) electrons. The van der Waals surface area contributed by atoms with E-state index in [2.05, 4.69) is 49.8 Å². The lowest BCUT2D eigenvalue weighted by atomic mass is 10.2. The molecule has 0 aliphatic carbocycles. The first-order chi connectivity index (χ1) is 5.52. The third-order valence-corrected chi connectivity index (χ3v) is 1.22. The maximum atomic E-state index is 8.90. The van der Waals surface area contributed by atoms with E-state index in [1.807, 2.05) is 0 Å². The average molecular weight is 204 g/mol. The third-order valence-electron chi connectivity index (χ3n) is 1.22. The Bertz CT molecular complexity index is 259. The maximum absolute atomic E-state index is 8.90. The van der Waals surface area contributed by atoms with E-state index in [1.54, 1.807) is 0 Å². The van der Waals surface area contributed by atoms with Crippen LogP contribution in [0.5, 0.6) is 0 Å². The summed E-state index contributed by atoms with van der Waals surface area (Å²) in [7, 11) is -2.43. The van der Waals surface area contributed by atoms with Gasteiger partial charge in [0, 0.05) is 0 Å². The quantitative estimate of drug-likeness (QED) is 0.498. The molecule has 0 heterocycles. The van der Waals surface area contributed by atoms with Gasteiger partial charge in [0.15, 0.2) is 9.74 Å². The normalized spacial score (nSPS) is 9.00. The van der Waals surface area contributed by atoms with Crippen LogP contribution >= 0.6 is 11.7 Å². The number of hydrogen-bond acceptors (Lipinski definition) is 2. The topological polar surface area (TPSA) is 34.1 Å². The van der Waals surface area contributed by atoms with Crippen LogP contribution in [0.15, 0.2) is 24.3 Å². The minimum atomic E-state index is -2.43. The van der Waals surface area contributed by atoms with E-state index in [0.29, 0.717) is 0 Å². The Kier molecular flexibility index (Phi) is 5.84. The summed E-state index contributed by atoms with van der Waals surface area (Å²) in [6.07, 6.45) is 0. The second kappa shape index (κ2) is 6.08. The second-order valence-electron chi connectivity index (χ2n) is 2.39. The maximum Gasteiger partial charge on any atom is 0.188 e. The molecule has 0 N–H and O–H groups in total. The van der Waals surface area contributed by atoms with Gasteiger partial charge in [0.25, 0.3) is 0 Å². The fourth-order valence-electron chi connectivity index (χ4n) is 0.637. The minimum absolute atomic E-state index is 1.33. The summed E-state index contributed by atoms with van der Waals surface area (Å²) >= 11 is 2.92. The molecule has 0 saturated heterocycles. The molecule has 2 nitrogen and oxygen atoms in total. The van der Waals surface area contributed by atoms with Crippen molar-refractivity contribution >= 4 is 21.4 Å². The van der Waals surface area contributed by atoms with E-state index in [1.165, 1.54) is 11.1 Å². The van der Waals surface area contributed by atoms with Gasteiger partial charge in [-0.3, -0.25) is 0 Å². The van der Waals surface area contributed by atoms with Gasteiger partial charge in [0.05, 0.1) is 0 Å². The van der Waals surface area contributed by atoms with Gasteiger partial charge in [-0.25, -0.2) is 8.42 Å². The lowest BCUT2D eigenvalue weighted by molar-refractivity contribution is 0.627.